The van der Waals surface area contributed by atoms with Gasteiger partial charge in [0.25, 0.3) is 0 Å². The Hall–Kier alpha value is -2.36. The van der Waals surface area contributed by atoms with Crippen molar-refractivity contribution in [2.24, 2.45) is 5.73 Å². The summed E-state index contributed by atoms with van der Waals surface area (Å²) in [5.41, 5.74) is 5.32. The first-order valence-electron chi connectivity index (χ1n) is 4.99. The van der Waals surface area contributed by atoms with Gasteiger partial charge in [0.1, 0.15) is 5.75 Å². The highest BCUT2D eigenvalue weighted by Gasteiger charge is 2.08. The van der Waals surface area contributed by atoms with Gasteiger partial charge in [0.05, 0.1) is 0 Å². The number of hydrogen-bond donors (Lipinski definition) is 1. The Labute approximate surface area is 97.6 Å². The van der Waals surface area contributed by atoms with E-state index in [4.69, 9.17) is 10.5 Å². The Morgan fingerprint density at radius 3 is 2.47 bits per heavy atom. The largest absolute Gasteiger partial charge is 0.454 e. The third-order valence-corrected chi connectivity index (χ3v) is 2.19. The second kappa shape index (κ2) is 4.65. The fourth-order valence-corrected chi connectivity index (χ4v) is 1.35. The predicted octanol–water partition coefficient (Wildman–Crippen LogP) is 2.72. The lowest BCUT2D eigenvalue weighted by molar-refractivity contribution is 0.1000. The molecule has 0 saturated heterocycles. The van der Waals surface area contributed by atoms with Crippen LogP contribution < -0.4 is 10.5 Å². The molecule has 0 aliphatic rings. The zero-order valence-electron chi connectivity index (χ0n) is 8.89. The summed E-state index contributed by atoms with van der Waals surface area (Å²) >= 11 is 0. The van der Waals surface area contributed by atoms with Crippen LogP contribution in [0.25, 0.3) is 0 Å². The van der Waals surface area contributed by atoms with Gasteiger partial charge in [0.2, 0.25) is 5.91 Å². The number of nitrogens with two attached hydrogens (primary N) is 1. The number of carbonyl (C=O) groups is 1. The molecule has 0 bridgehead atoms. The maximum atomic E-state index is 13.4. The number of carbonyl (C=O) groups excluding carboxylic acids is 1. The van der Waals surface area contributed by atoms with Crippen LogP contribution in [0.1, 0.15) is 10.4 Å². The molecular weight excluding hydrogens is 221 g/mol. The molecule has 3 nitrogen and oxygen atoms in total. The first-order chi connectivity index (χ1) is 8.16. The van der Waals surface area contributed by atoms with E-state index in [0.29, 0.717) is 5.75 Å². The Balaban J connectivity index is 2.32. The first kappa shape index (κ1) is 11.1. The highest BCUT2D eigenvalue weighted by atomic mass is 19.1. The molecule has 2 aromatic carbocycles. The maximum absolute atomic E-state index is 13.4. The molecule has 4 heteroatoms. The van der Waals surface area contributed by atoms with E-state index in [1.54, 1.807) is 24.3 Å². The number of amides is 1. The number of halogens is 1. The van der Waals surface area contributed by atoms with E-state index in [1.807, 2.05) is 6.07 Å². The molecule has 0 heterocycles. The molecule has 0 unspecified atom stereocenters. The molecule has 0 saturated carbocycles. The van der Waals surface area contributed by atoms with Crippen molar-refractivity contribution < 1.29 is 13.9 Å². The van der Waals surface area contributed by atoms with Gasteiger partial charge in [-0.25, -0.2) is 4.39 Å². The lowest BCUT2D eigenvalue weighted by atomic mass is 10.2. The van der Waals surface area contributed by atoms with Gasteiger partial charge in [-0.2, -0.15) is 0 Å². The van der Waals surface area contributed by atoms with Crippen LogP contribution in [0.15, 0.2) is 48.5 Å². The summed E-state index contributed by atoms with van der Waals surface area (Å²) in [6.07, 6.45) is 0. The Morgan fingerprint density at radius 1 is 1.12 bits per heavy atom. The number of rotatable bonds is 3. The molecule has 0 radical (unpaired) electrons. The van der Waals surface area contributed by atoms with E-state index < -0.39 is 11.7 Å². The Bertz CT molecular complexity index is 540. The fourth-order valence-electron chi connectivity index (χ4n) is 1.35. The van der Waals surface area contributed by atoms with Crippen molar-refractivity contribution in [2.45, 2.75) is 0 Å². The molecule has 0 aliphatic heterocycles. The molecule has 2 N–H and O–H groups in total. The van der Waals surface area contributed by atoms with E-state index in [2.05, 4.69) is 0 Å². The highest BCUT2D eigenvalue weighted by molar-refractivity contribution is 5.93. The second-order valence-electron chi connectivity index (χ2n) is 3.42. The van der Waals surface area contributed by atoms with E-state index in [-0.39, 0.29) is 11.3 Å². The average Bonchev–Trinajstić information content (AvgIpc) is 2.33. The van der Waals surface area contributed by atoms with Crippen LogP contribution in [0, 0.1) is 5.82 Å². The van der Waals surface area contributed by atoms with Gasteiger partial charge in [0.15, 0.2) is 11.6 Å². The van der Waals surface area contributed by atoms with Gasteiger partial charge in [-0.05, 0) is 30.3 Å². The minimum absolute atomic E-state index is 0.0208. The van der Waals surface area contributed by atoms with Crippen LogP contribution in [0.2, 0.25) is 0 Å². The quantitative estimate of drug-likeness (QED) is 0.882. The summed E-state index contributed by atoms with van der Waals surface area (Å²) in [7, 11) is 0. The van der Waals surface area contributed by atoms with Crippen LogP contribution in [-0.2, 0) is 0 Å². The van der Waals surface area contributed by atoms with Crippen molar-refractivity contribution in [3.05, 3.63) is 59.9 Å². The molecule has 0 fully saturated rings. The fraction of sp³-hybridized carbons (Fsp3) is 0. The van der Waals surface area contributed by atoms with E-state index in [9.17, 15) is 9.18 Å². The Morgan fingerprint density at radius 2 is 1.82 bits per heavy atom. The molecule has 0 aliphatic carbocycles. The molecule has 1 amide bonds. The number of hydrogen-bond acceptors (Lipinski definition) is 2. The van der Waals surface area contributed by atoms with Crippen LogP contribution in [0.4, 0.5) is 4.39 Å². The van der Waals surface area contributed by atoms with Crippen molar-refractivity contribution in [3.8, 4) is 11.5 Å². The normalized spacial score (nSPS) is 9.94. The summed E-state index contributed by atoms with van der Waals surface area (Å²) in [6, 6.07) is 12.5. The molecule has 0 aromatic heterocycles. The predicted molar refractivity (Wildman–Crippen MR) is 61.4 cm³/mol. The van der Waals surface area contributed by atoms with Crippen LogP contribution in [0.3, 0.4) is 0 Å². The van der Waals surface area contributed by atoms with E-state index >= 15 is 0 Å². The minimum Gasteiger partial charge on any atom is -0.454 e. The summed E-state index contributed by atoms with van der Waals surface area (Å²) in [5, 5.41) is 0. The zero-order chi connectivity index (χ0) is 12.3. The van der Waals surface area contributed by atoms with Crippen molar-refractivity contribution in [1.29, 1.82) is 0 Å². The summed E-state index contributed by atoms with van der Waals surface area (Å²) in [6.45, 7) is 0. The summed E-state index contributed by atoms with van der Waals surface area (Å²) in [4.78, 5) is 11.0. The van der Waals surface area contributed by atoms with Crippen LogP contribution in [0.5, 0.6) is 11.5 Å². The highest BCUT2D eigenvalue weighted by Crippen LogP contribution is 2.25. The van der Waals surface area contributed by atoms with E-state index in [1.165, 1.54) is 12.1 Å². The first-order valence-corrected chi connectivity index (χ1v) is 4.99. The van der Waals surface area contributed by atoms with Crippen LogP contribution in [-0.4, -0.2) is 5.91 Å². The molecular formula is C13H10FNO2. The molecule has 2 aromatic rings. The van der Waals surface area contributed by atoms with Gasteiger partial charge < -0.3 is 10.5 Å². The number of para-hydroxylation sites is 1. The SMILES string of the molecule is NC(=O)c1ccc(F)c(Oc2ccccc2)c1. The van der Waals surface area contributed by atoms with E-state index in [0.717, 1.165) is 6.07 Å². The topological polar surface area (TPSA) is 52.3 Å². The summed E-state index contributed by atoms with van der Waals surface area (Å²) in [5.74, 6) is -0.692. The molecule has 0 spiro atoms. The monoisotopic (exact) mass is 231 g/mol. The minimum atomic E-state index is -0.622. The number of primary amides is 1. The molecule has 0 atom stereocenters. The third-order valence-electron chi connectivity index (χ3n) is 2.19. The zero-order valence-corrected chi connectivity index (χ0v) is 8.89. The van der Waals surface area contributed by atoms with Crippen molar-refractivity contribution in [3.63, 3.8) is 0 Å². The smallest absolute Gasteiger partial charge is 0.248 e. The summed E-state index contributed by atoms with van der Waals surface area (Å²) < 4.78 is 18.8. The maximum Gasteiger partial charge on any atom is 0.248 e. The lowest BCUT2D eigenvalue weighted by Crippen LogP contribution is -2.11. The molecule has 2 rings (SSSR count). The van der Waals surface area contributed by atoms with Crippen LogP contribution >= 0.6 is 0 Å². The standard InChI is InChI=1S/C13H10FNO2/c14-11-7-6-9(13(15)16)8-12(11)17-10-4-2-1-3-5-10/h1-8H,(H2,15,16). The number of benzene rings is 2. The second-order valence-corrected chi connectivity index (χ2v) is 3.42. The van der Waals surface area contributed by atoms with Gasteiger partial charge in [-0.1, -0.05) is 18.2 Å². The van der Waals surface area contributed by atoms with Crippen molar-refractivity contribution >= 4 is 5.91 Å². The van der Waals surface area contributed by atoms with Gasteiger partial charge >= 0.3 is 0 Å². The third kappa shape index (κ3) is 2.60. The van der Waals surface area contributed by atoms with Crippen molar-refractivity contribution in [2.75, 3.05) is 0 Å². The molecule has 17 heavy (non-hydrogen) atoms. The lowest BCUT2D eigenvalue weighted by Gasteiger charge is -2.07. The van der Waals surface area contributed by atoms with Crippen molar-refractivity contribution in [1.82, 2.24) is 0 Å². The van der Waals surface area contributed by atoms with Gasteiger partial charge in [-0.15, -0.1) is 0 Å². The Kier molecular flexibility index (Phi) is 3.05. The van der Waals surface area contributed by atoms with Gasteiger partial charge in [0, 0.05) is 5.56 Å². The number of ether oxygens (including phenoxy) is 1. The molecule has 86 valence electrons. The van der Waals surface area contributed by atoms with Gasteiger partial charge in [-0.3, -0.25) is 4.79 Å². The average molecular weight is 231 g/mol.